The predicted octanol–water partition coefficient (Wildman–Crippen LogP) is 22.7. The predicted molar refractivity (Wildman–Crippen MR) is 445 cm³/mol. The smallest absolute Gasteiger partial charge is 0.264 e. The zero-order valence-electron chi connectivity index (χ0n) is 61.9. The minimum absolute atomic E-state index is 0.0430. The molecule has 7 heteroatoms. The summed E-state index contributed by atoms with van der Waals surface area (Å²) in [6.45, 7) is 34.7. The Kier molecular flexibility index (Phi) is 16.5. The zero-order valence-corrected chi connectivity index (χ0v) is 63.7. The highest BCUT2D eigenvalue weighted by Gasteiger charge is 2.50. The van der Waals surface area contributed by atoms with E-state index in [0.717, 1.165) is 72.9 Å². The van der Waals surface area contributed by atoms with Gasteiger partial charge >= 0.3 is 0 Å². The fraction of sp³-hybridized carbons (Fsp3) is 0.221. The first-order valence-electron chi connectivity index (χ1n) is 36.8. The van der Waals surface area contributed by atoms with Gasteiger partial charge in [-0.1, -0.05) is 292 Å². The molecule has 0 saturated carbocycles. The van der Waals surface area contributed by atoms with E-state index in [9.17, 15) is 0 Å². The number of benzene rings is 12. The van der Waals surface area contributed by atoms with Crippen LogP contribution >= 0.6 is 11.3 Å². The fourth-order valence-corrected chi connectivity index (χ4v) is 22.3. The van der Waals surface area contributed by atoms with Gasteiger partial charge in [0.15, 0.2) is 13.7 Å². The van der Waals surface area contributed by atoms with E-state index >= 15 is 0 Å². The van der Waals surface area contributed by atoms with Gasteiger partial charge in [-0.3, -0.25) is 0 Å². The lowest BCUT2D eigenvalue weighted by atomic mass is 9.36. The van der Waals surface area contributed by atoms with Crippen molar-refractivity contribution in [2.75, 3.05) is 14.7 Å². The number of nitrogens with zero attached hydrogens (tertiary/aromatic N) is 3. The van der Waals surface area contributed by atoms with E-state index in [2.05, 4.69) is 385 Å². The Hall–Kier alpha value is -9.92. The Morgan fingerprint density at radius 3 is 1.49 bits per heavy atom. The molecule has 506 valence electrons. The van der Waals surface area contributed by atoms with Crippen molar-refractivity contribution in [3.8, 4) is 11.1 Å². The van der Waals surface area contributed by atoms with E-state index in [1.807, 2.05) is 11.3 Å². The first-order chi connectivity index (χ1) is 48.9. The van der Waals surface area contributed by atoms with Crippen LogP contribution in [0.5, 0.6) is 0 Å². The highest BCUT2D eigenvalue weighted by atomic mass is 32.1. The second-order valence-electron chi connectivity index (χ2n) is 32.7. The molecule has 0 saturated heterocycles. The molecule has 2 aliphatic heterocycles. The Balaban J connectivity index is 1.10. The monoisotopic (exact) mass is 1360 g/mol. The van der Waals surface area contributed by atoms with Gasteiger partial charge < -0.3 is 19.1 Å². The first-order valence-corrected chi connectivity index (χ1v) is 39.6. The third-order valence-corrected chi connectivity index (χ3v) is 28.0. The summed E-state index contributed by atoms with van der Waals surface area (Å²) < 4.78 is 10.0. The van der Waals surface area contributed by atoms with Crippen LogP contribution in [0.4, 0.5) is 51.2 Å². The third kappa shape index (κ3) is 11.2. The van der Waals surface area contributed by atoms with Gasteiger partial charge in [-0.2, -0.15) is 0 Å². The Morgan fingerprint density at radius 2 is 0.912 bits per heavy atom. The second-order valence-corrected chi connectivity index (χ2v) is 37.6. The molecule has 0 unspecified atom stereocenters. The lowest BCUT2D eigenvalue weighted by Gasteiger charge is -2.45. The maximum atomic E-state index is 7.39. The van der Waals surface area contributed by atoms with Crippen LogP contribution in [0.25, 0.3) is 43.2 Å². The molecular formula is C95H92BN3OSSi. The van der Waals surface area contributed by atoms with Crippen molar-refractivity contribution in [3.05, 3.63) is 300 Å². The lowest BCUT2D eigenvalue weighted by Crippen LogP contribution is -2.75. The molecule has 0 atom stereocenters. The molecule has 0 aliphatic carbocycles. The molecule has 4 nitrogen and oxygen atoms in total. The molecule has 0 fully saturated rings. The van der Waals surface area contributed by atoms with Gasteiger partial charge in [0.1, 0.15) is 5.58 Å². The minimum Gasteiger partial charge on any atom is -0.454 e. The molecule has 0 amide bonds. The van der Waals surface area contributed by atoms with Crippen LogP contribution in [0.15, 0.2) is 271 Å². The summed E-state index contributed by atoms with van der Waals surface area (Å²) in [4.78, 5) is 7.86. The quantitative estimate of drug-likeness (QED) is 0.0848. The molecule has 2 aliphatic rings. The Morgan fingerprint density at radius 1 is 0.402 bits per heavy atom. The van der Waals surface area contributed by atoms with Crippen molar-refractivity contribution in [1.82, 2.24) is 0 Å². The van der Waals surface area contributed by atoms with Crippen molar-refractivity contribution in [2.45, 2.75) is 138 Å². The van der Waals surface area contributed by atoms with Gasteiger partial charge in [-0.05, 0) is 183 Å². The molecule has 0 radical (unpaired) electrons. The number of fused-ring (bicyclic) bond motifs is 9. The van der Waals surface area contributed by atoms with Crippen molar-refractivity contribution in [3.63, 3.8) is 0 Å². The van der Waals surface area contributed by atoms with Crippen LogP contribution in [-0.2, 0) is 16.2 Å². The van der Waals surface area contributed by atoms with Gasteiger partial charge in [0.25, 0.3) is 6.71 Å². The average molecular weight is 1360 g/mol. The number of thiophene rings is 1. The number of hydrogen-bond donors (Lipinski definition) is 0. The van der Waals surface area contributed by atoms with Crippen LogP contribution in [0.2, 0.25) is 0 Å². The topological polar surface area (TPSA) is 22.9 Å². The van der Waals surface area contributed by atoms with Crippen LogP contribution in [0.3, 0.4) is 0 Å². The van der Waals surface area contributed by atoms with E-state index < -0.39 is 8.07 Å². The number of para-hydroxylation sites is 3. The fourth-order valence-electron chi connectivity index (χ4n) is 16.3. The largest absolute Gasteiger partial charge is 0.454 e. The molecule has 0 bridgehead atoms. The SMILES string of the molecule is CC(C)c1ccc([Si](c2ccc(C(C)C)cc2)(c2ccc(C(C)C)cc2)c2cc3c4c(c2)N(c2cccc5c2oc2ccccc25)c2cc(N(c5ccc(C(C)(C)C)cc5)c5ccccc5-c5ccccc5)ccc2B4c2sc4ccc(C(C)(C)C)cc4c2N3c2ccc(C(C)(C)C)cc2)cc1. The molecule has 2 aromatic heterocycles. The van der Waals surface area contributed by atoms with Crippen molar-refractivity contribution < 1.29 is 4.42 Å². The van der Waals surface area contributed by atoms with Crippen molar-refractivity contribution in [1.29, 1.82) is 0 Å². The summed E-state index contributed by atoms with van der Waals surface area (Å²) in [6.07, 6.45) is 0. The molecule has 12 aromatic carbocycles. The molecule has 0 N–H and O–H groups in total. The summed E-state index contributed by atoms with van der Waals surface area (Å²) in [6, 6.07) is 104. The first kappa shape index (κ1) is 66.6. The number of anilines is 9. The van der Waals surface area contributed by atoms with Gasteiger partial charge in [0.2, 0.25) is 0 Å². The standard InChI is InChI=1S/C95H92BN3OSSi/c1-60(2)63-32-48-73(49-33-63)102(74-50-34-64(35-51-74)61(3)4,75-52-36-65(37-53-75)62(5)6)76-58-85-89-86(59-76)99(83-30-23-28-79-78-27-20-22-31-87(78)100-91(79)83)84-57-72(97(70-43-38-67(39-44-70)93(7,8)9)82-29-21-19-26-77(82)66-24-17-16-18-25-66)47-54-81(84)96(89)92-90(80-56-69(95(13,14)15)42-55-88(80)101-92)98(85)71-45-40-68(41-46-71)94(10,11)12/h16-62H,1-15H3. The maximum absolute atomic E-state index is 7.39. The molecule has 0 spiro atoms. The molecule has 4 heterocycles. The number of rotatable bonds is 13. The summed E-state index contributed by atoms with van der Waals surface area (Å²) in [5, 5.41) is 8.77. The summed E-state index contributed by atoms with van der Waals surface area (Å²) in [5.41, 5.74) is 24.2. The van der Waals surface area contributed by atoms with Crippen LogP contribution in [-0.4, -0.2) is 14.8 Å². The summed E-state index contributed by atoms with van der Waals surface area (Å²) in [7, 11) is -3.46. The average Bonchev–Trinajstić information content (AvgIpc) is 1.17. The Bertz CT molecular complexity index is 5370. The van der Waals surface area contributed by atoms with Gasteiger partial charge in [-0.15, -0.1) is 11.3 Å². The van der Waals surface area contributed by atoms with Crippen LogP contribution in [0.1, 0.15) is 155 Å². The van der Waals surface area contributed by atoms with Crippen LogP contribution < -0.4 is 51.1 Å². The number of furan rings is 1. The van der Waals surface area contributed by atoms with Crippen LogP contribution in [0, 0.1) is 0 Å². The molecule has 16 rings (SSSR count). The highest BCUT2D eigenvalue weighted by Crippen LogP contribution is 2.52. The summed E-state index contributed by atoms with van der Waals surface area (Å²) >= 11 is 1.97. The van der Waals surface area contributed by atoms with Crippen molar-refractivity contribution in [2.24, 2.45) is 0 Å². The van der Waals surface area contributed by atoms with Gasteiger partial charge in [-0.25, -0.2) is 0 Å². The van der Waals surface area contributed by atoms with E-state index in [1.165, 1.54) is 91.3 Å². The van der Waals surface area contributed by atoms with E-state index in [-0.39, 0.29) is 23.0 Å². The normalized spacial score (nSPS) is 13.3. The lowest BCUT2D eigenvalue weighted by molar-refractivity contribution is 0.590. The minimum atomic E-state index is -3.46. The van der Waals surface area contributed by atoms with E-state index in [4.69, 9.17) is 4.42 Å². The molecule has 14 aromatic rings. The Labute approximate surface area is 610 Å². The van der Waals surface area contributed by atoms with E-state index in [1.54, 1.807) is 0 Å². The van der Waals surface area contributed by atoms with Crippen molar-refractivity contribution >= 4 is 146 Å². The second kappa shape index (κ2) is 25.3. The molecular weight excluding hydrogens is 1270 g/mol. The zero-order chi connectivity index (χ0) is 70.9. The third-order valence-electron chi connectivity index (χ3n) is 22.1. The van der Waals surface area contributed by atoms with E-state index in [0.29, 0.717) is 17.8 Å². The molecule has 102 heavy (non-hydrogen) atoms. The maximum Gasteiger partial charge on any atom is 0.264 e. The summed E-state index contributed by atoms with van der Waals surface area (Å²) in [5.74, 6) is 1.06. The number of hydrogen-bond acceptors (Lipinski definition) is 5. The highest BCUT2D eigenvalue weighted by molar-refractivity contribution is 7.33. The van der Waals surface area contributed by atoms with Gasteiger partial charge in [0.05, 0.1) is 17.1 Å². The van der Waals surface area contributed by atoms with Gasteiger partial charge in [0, 0.05) is 65.3 Å².